The molecule has 4 nitrogen and oxygen atoms in total. The quantitative estimate of drug-likeness (QED) is 0.678. The van der Waals surface area contributed by atoms with Gasteiger partial charge in [0.25, 0.3) is 5.56 Å². The fraction of sp³-hybridized carbons (Fsp3) is 0.0667. The molecule has 112 valence electrons. The van der Waals surface area contributed by atoms with Crippen molar-refractivity contribution in [2.75, 3.05) is 5.73 Å². The molecular formula is C15H10F3N3O. The molecule has 0 saturated carbocycles. The minimum atomic E-state index is -4.51. The summed E-state index contributed by atoms with van der Waals surface area (Å²) in [6.07, 6.45) is -4.51. The number of hydrogen-bond donors (Lipinski definition) is 2. The van der Waals surface area contributed by atoms with Crippen LogP contribution < -0.4 is 11.3 Å². The Morgan fingerprint density at radius 2 is 1.73 bits per heavy atom. The van der Waals surface area contributed by atoms with Crippen molar-refractivity contribution in [1.82, 2.24) is 10.2 Å². The van der Waals surface area contributed by atoms with Crippen LogP contribution in [0.3, 0.4) is 0 Å². The third-order valence-electron chi connectivity index (χ3n) is 3.33. The highest BCUT2D eigenvalue weighted by Crippen LogP contribution is 2.36. The molecule has 0 aliphatic heterocycles. The average Bonchev–Trinajstić information content (AvgIpc) is 2.46. The van der Waals surface area contributed by atoms with Gasteiger partial charge in [0.05, 0.1) is 16.6 Å². The van der Waals surface area contributed by atoms with E-state index in [-0.39, 0.29) is 11.2 Å². The van der Waals surface area contributed by atoms with Crippen molar-refractivity contribution in [3.63, 3.8) is 0 Å². The van der Waals surface area contributed by atoms with Crippen LogP contribution in [0.25, 0.3) is 22.0 Å². The molecule has 7 heteroatoms. The van der Waals surface area contributed by atoms with Crippen LogP contribution in [0, 0.1) is 0 Å². The maximum absolute atomic E-state index is 12.7. The number of aromatic nitrogens is 2. The second-order valence-electron chi connectivity index (χ2n) is 4.75. The molecule has 0 atom stereocenters. The highest BCUT2D eigenvalue weighted by atomic mass is 19.4. The van der Waals surface area contributed by atoms with Crippen molar-refractivity contribution in [2.45, 2.75) is 6.18 Å². The van der Waals surface area contributed by atoms with Crippen molar-refractivity contribution in [3.05, 3.63) is 58.4 Å². The predicted molar refractivity (Wildman–Crippen MR) is 77.2 cm³/mol. The third-order valence-corrected chi connectivity index (χ3v) is 3.33. The lowest BCUT2D eigenvalue weighted by atomic mass is 10.0. The second kappa shape index (κ2) is 4.87. The molecule has 0 spiro atoms. The Bertz CT molecular complexity index is 916. The van der Waals surface area contributed by atoms with E-state index in [1.54, 1.807) is 24.3 Å². The number of halogens is 3. The number of fused-ring (bicyclic) bond motifs is 1. The number of anilines is 1. The first-order valence-electron chi connectivity index (χ1n) is 6.32. The summed E-state index contributed by atoms with van der Waals surface area (Å²) in [7, 11) is 0. The van der Waals surface area contributed by atoms with Crippen LogP contribution in [0.2, 0.25) is 0 Å². The smallest absolute Gasteiger partial charge is 0.398 e. The lowest BCUT2D eigenvalue weighted by Crippen LogP contribution is -2.10. The molecule has 3 aromatic rings. The first-order valence-corrected chi connectivity index (χ1v) is 6.32. The standard InChI is InChI=1S/C15H10F3N3O/c16-15(17,18)11-6-5-8(7-12(11)19)13-9-3-1-2-4-10(9)14(22)21-20-13/h1-7H,19H2,(H,21,22). The van der Waals surface area contributed by atoms with E-state index in [2.05, 4.69) is 10.2 Å². The van der Waals surface area contributed by atoms with Gasteiger partial charge in [-0.3, -0.25) is 4.79 Å². The first-order chi connectivity index (χ1) is 10.4. The van der Waals surface area contributed by atoms with Gasteiger partial charge in [0, 0.05) is 16.6 Å². The molecule has 2 aromatic carbocycles. The van der Waals surface area contributed by atoms with Gasteiger partial charge in [0.15, 0.2) is 0 Å². The summed E-state index contributed by atoms with van der Waals surface area (Å²) in [6.45, 7) is 0. The zero-order valence-electron chi connectivity index (χ0n) is 11.1. The van der Waals surface area contributed by atoms with Gasteiger partial charge in [-0.2, -0.15) is 18.3 Å². The molecule has 0 radical (unpaired) electrons. The summed E-state index contributed by atoms with van der Waals surface area (Å²) in [6, 6.07) is 10.1. The SMILES string of the molecule is Nc1cc(-c2n[nH]c(=O)c3ccccc23)ccc1C(F)(F)F. The number of rotatable bonds is 1. The van der Waals surface area contributed by atoms with Crippen molar-refractivity contribution in [1.29, 1.82) is 0 Å². The Hall–Kier alpha value is -2.83. The number of nitrogen functional groups attached to an aromatic ring is 1. The Kier molecular flexibility index (Phi) is 3.13. The molecule has 0 amide bonds. The normalized spacial score (nSPS) is 11.8. The predicted octanol–water partition coefficient (Wildman–Crippen LogP) is 3.19. The zero-order chi connectivity index (χ0) is 15.9. The van der Waals surface area contributed by atoms with Crippen molar-refractivity contribution in [3.8, 4) is 11.3 Å². The molecule has 0 aliphatic carbocycles. The summed E-state index contributed by atoms with van der Waals surface area (Å²) >= 11 is 0. The highest BCUT2D eigenvalue weighted by Gasteiger charge is 2.32. The number of nitrogens with two attached hydrogens (primary N) is 1. The second-order valence-corrected chi connectivity index (χ2v) is 4.75. The van der Waals surface area contributed by atoms with Crippen LogP contribution in [0.1, 0.15) is 5.56 Å². The van der Waals surface area contributed by atoms with E-state index in [9.17, 15) is 18.0 Å². The van der Waals surface area contributed by atoms with Gasteiger partial charge in [0.2, 0.25) is 0 Å². The third kappa shape index (κ3) is 2.30. The lowest BCUT2D eigenvalue weighted by Gasteiger charge is -2.11. The Morgan fingerprint density at radius 3 is 2.36 bits per heavy atom. The van der Waals surface area contributed by atoms with Crippen LogP contribution in [-0.2, 0) is 6.18 Å². The van der Waals surface area contributed by atoms with E-state index in [1.807, 2.05) is 0 Å². The molecule has 0 bridgehead atoms. The van der Waals surface area contributed by atoms with Gasteiger partial charge in [-0.25, -0.2) is 5.10 Å². The van der Waals surface area contributed by atoms with Crippen LogP contribution in [0.5, 0.6) is 0 Å². The molecule has 3 rings (SSSR count). The summed E-state index contributed by atoms with van der Waals surface area (Å²) in [4.78, 5) is 11.7. The van der Waals surface area contributed by atoms with Crippen molar-refractivity contribution >= 4 is 16.5 Å². The number of H-pyrrole nitrogens is 1. The number of hydrogen-bond acceptors (Lipinski definition) is 3. The van der Waals surface area contributed by atoms with E-state index in [1.165, 1.54) is 12.1 Å². The molecule has 1 heterocycles. The topological polar surface area (TPSA) is 71.8 Å². The van der Waals surface area contributed by atoms with Gasteiger partial charge in [0.1, 0.15) is 0 Å². The van der Waals surface area contributed by atoms with E-state index >= 15 is 0 Å². The molecular weight excluding hydrogens is 295 g/mol. The first kappa shape index (κ1) is 14.1. The summed E-state index contributed by atoms with van der Waals surface area (Å²) in [5.41, 5.74) is 4.62. The number of benzene rings is 2. The van der Waals surface area contributed by atoms with Gasteiger partial charge < -0.3 is 5.73 Å². The van der Waals surface area contributed by atoms with Crippen LogP contribution in [0.4, 0.5) is 18.9 Å². The zero-order valence-corrected chi connectivity index (χ0v) is 11.1. The van der Waals surface area contributed by atoms with Crippen LogP contribution in [-0.4, -0.2) is 10.2 Å². The Balaban J connectivity index is 2.23. The Morgan fingerprint density at radius 1 is 1.05 bits per heavy atom. The molecule has 0 fully saturated rings. The van der Waals surface area contributed by atoms with E-state index in [4.69, 9.17) is 5.73 Å². The number of alkyl halides is 3. The van der Waals surface area contributed by atoms with E-state index < -0.39 is 11.7 Å². The molecule has 1 aromatic heterocycles. The molecule has 0 unspecified atom stereocenters. The van der Waals surface area contributed by atoms with Crippen LogP contribution in [0.15, 0.2) is 47.3 Å². The molecule has 0 aliphatic rings. The van der Waals surface area contributed by atoms with Gasteiger partial charge in [-0.05, 0) is 18.2 Å². The van der Waals surface area contributed by atoms with Gasteiger partial charge >= 0.3 is 6.18 Å². The fourth-order valence-electron chi connectivity index (χ4n) is 2.30. The summed E-state index contributed by atoms with van der Waals surface area (Å²) < 4.78 is 38.2. The largest absolute Gasteiger partial charge is 0.418 e. The summed E-state index contributed by atoms with van der Waals surface area (Å²) in [5.74, 6) is 0. The van der Waals surface area contributed by atoms with Gasteiger partial charge in [-0.1, -0.05) is 24.3 Å². The molecule has 22 heavy (non-hydrogen) atoms. The monoisotopic (exact) mass is 305 g/mol. The number of nitrogens with zero attached hydrogens (tertiary/aromatic N) is 1. The maximum Gasteiger partial charge on any atom is 0.418 e. The summed E-state index contributed by atoms with van der Waals surface area (Å²) in [5, 5.41) is 7.23. The lowest BCUT2D eigenvalue weighted by molar-refractivity contribution is -0.136. The number of nitrogens with one attached hydrogen (secondary N) is 1. The molecule has 0 saturated heterocycles. The van der Waals surface area contributed by atoms with Crippen molar-refractivity contribution < 1.29 is 13.2 Å². The minimum absolute atomic E-state index is 0.362. The fourth-order valence-corrected chi connectivity index (χ4v) is 2.30. The minimum Gasteiger partial charge on any atom is -0.398 e. The Labute approximate surface area is 122 Å². The van der Waals surface area contributed by atoms with Crippen LogP contribution >= 0.6 is 0 Å². The number of aromatic amines is 1. The van der Waals surface area contributed by atoms with E-state index in [0.29, 0.717) is 22.0 Å². The van der Waals surface area contributed by atoms with Gasteiger partial charge in [-0.15, -0.1) is 0 Å². The average molecular weight is 305 g/mol. The highest BCUT2D eigenvalue weighted by molar-refractivity contribution is 5.94. The van der Waals surface area contributed by atoms with Crippen molar-refractivity contribution in [2.24, 2.45) is 0 Å². The maximum atomic E-state index is 12.7. The van der Waals surface area contributed by atoms with E-state index in [0.717, 1.165) is 6.07 Å². The molecule has 3 N–H and O–H groups in total.